The molecule has 10 heteroatoms. The Balaban J connectivity index is 1.35. The van der Waals surface area contributed by atoms with E-state index in [1.54, 1.807) is 24.3 Å². The highest BCUT2D eigenvalue weighted by molar-refractivity contribution is 7.89. The normalized spacial score (nSPS) is 17.7. The minimum Gasteiger partial charge on any atom is -0.349 e. The molecule has 4 rings (SSSR count). The number of carbonyl (C=O) groups is 2. The topological polar surface area (TPSA) is 95.6 Å². The molecule has 2 aromatic carbocycles. The van der Waals surface area contributed by atoms with Crippen LogP contribution in [0.15, 0.2) is 47.4 Å². The van der Waals surface area contributed by atoms with Gasteiger partial charge in [0, 0.05) is 36.3 Å². The Kier molecular flexibility index (Phi) is 6.25. The number of piperidine rings is 1. The highest BCUT2D eigenvalue weighted by Gasteiger charge is 2.32. The van der Waals surface area contributed by atoms with Crippen molar-refractivity contribution < 1.29 is 26.8 Å². The van der Waals surface area contributed by atoms with Gasteiger partial charge in [0.15, 0.2) is 11.6 Å². The van der Waals surface area contributed by atoms with Crippen LogP contribution in [0.2, 0.25) is 0 Å². The van der Waals surface area contributed by atoms with E-state index in [9.17, 15) is 26.8 Å². The molecule has 1 saturated carbocycles. The molecule has 0 aromatic heterocycles. The molecule has 2 amide bonds. The average molecular weight is 464 g/mol. The van der Waals surface area contributed by atoms with Crippen molar-refractivity contribution in [3.8, 4) is 0 Å². The summed E-state index contributed by atoms with van der Waals surface area (Å²) >= 11 is 0. The minimum atomic E-state index is -3.98. The van der Waals surface area contributed by atoms with Gasteiger partial charge in [-0.1, -0.05) is 6.07 Å². The maximum atomic E-state index is 13.5. The van der Waals surface area contributed by atoms with Gasteiger partial charge in [-0.2, -0.15) is 4.31 Å². The highest BCUT2D eigenvalue weighted by atomic mass is 32.2. The summed E-state index contributed by atoms with van der Waals surface area (Å²) in [6.45, 7) is 0.173. The van der Waals surface area contributed by atoms with Crippen LogP contribution >= 0.6 is 0 Å². The molecule has 2 fully saturated rings. The lowest BCUT2D eigenvalue weighted by atomic mass is 9.97. The molecule has 2 N–H and O–H groups in total. The quantitative estimate of drug-likeness (QED) is 0.689. The van der Waals surface area contributed by atoms with Gasteiger partial charge in [-0.3, -0.25) is 9.59 Å². The van der Waals surface area contributed by atoms with Gasteiger partial charge < -0.3 is 10.6 Å². The molecule has 0 spiro atoms. The van der Waals surface area contributed by atoms with Crippen molar-refractivity contribution in [2.75, 3.05) is 18.4 Å². The van der Waals surface area contributed by atoms with Gasteiger partial charge in [-0.05, 0) is 62.1 Å². The zero-order valence-corrected chi connectivity index (χ0v) is 18.0. The second-order valence-corrected chi connectivity index (χ2v) is 10.0. The maximum absolute atomic E-state index is 13.5. The molecule has 0 unspecified atom stereocenters. The smallest absolute Gasteiger partial charge is 0.251 e. The molecule has 1 aliphatic carbocycles. The van der Waals surface area contributed by atoms with E-state index in [-0.39, 0.29) is 48.7 Å². The summed E-state index contributed by atoms with van der Waals surface area (Å²) in [6.07, 6.45) is 2.53. The summed E-state index contributed by atoms with van der Waals surface area (Å²) in [5, 5.41) is 5.69. The highest BCUT2D eigenvalue weighted by Crippen LogP contribution is 2.26. The number of benzene rings is 2. The molecule has 0 radical (unpaired) electrons. The monoisotopic (exact) mass is 463 g/mol. The first kappa shape index (κ1) is 22.3. The number of hydrogen-bond acceptors (Lipinski definition) is 4. The van der Waals surface area contributed by atoms with E-state index in [0.29, 0.717) is 17.3 Å². The van der Waals surface area contributed by atoms with Crippen LogP contribution in [0.3, 0.4) is 0 Å². The van der Waals surface area contributed by atoms with Gasteiger partial charge in [0.1, 0.15) is 0 Å². The third kappa shape index (κ3) is 4.97. The Morgan fingerprint density at radius 1 is 0.938 bits per heavy atom. The Morgan fingerprint density at radius 3 is 2.31 bits per heavy atom. The molecule has 2 aliphatic rings. The second-order valence-electron chi connectivity index (χ2n) is 8.07. The van der Waals surface area contributed by atoms with Gasteiger partial charge in [-0.15, -0.1) is 0 Å². The van der Waals surface area contributed by atoms with Crippen molar-refractivity contribution in [2.24, 2.45) is 5.92 Å². The molecule has 32 heavy (non-hydrogen) atoms. The third-order valence-corrected chi connectivity index (χ3v) is 7.55. The average Bonchev–Trinajstić information content (AvgIpc) is 3.60. The van der Waals surface area contributed by atoms with E-state index in [0.717, 1.165) is 25.0 Å². The molecule has 0 atom stereocenters. The molecule has 1 heterocycles. The lowest BCUT2D eigenvalue weighted by Crippen LogP contribution is -2.41. The van der Waals surface area contributed by atoms with Crippen LogP contribution in [0.5, 0.6) is 0 Å². The molecular formula is C22H23F2N3O4S. The van der Waals surface area contributed by atoms with Crippen LogP contribution in [0, 0.1) is 17.6 Å². The predicted octanol–water partition coefficient (Wildman–Crippen LogP) is 2.90. The first-order valence-electron chi connectivity index (χ1n) is 10.4. The summed E-state index contributed by atoms with van der Waals surface area (Å²) in [4.78, 5) is 24.5. The summed E-state index contributed by atoms with van der Waals surface area (Å²) in [5.41, 5.74) is 0.956. The first-order chi connectivity index (χ1) is 15.2. The van der Waals surface area contributed by atoms with Crippen LogP contribution in [0.25, 0.3) is 0 Å². The second kappa shape index (κ2) is 8.95. The van der Waals surface area contributed by atoms with Crippen molar-refractivity contribution in [1.29, 1.82) is 0 Å². The van der Waals surface area contributed by atoms with E-state index in [1.807, 2.05) is 0 Å². The fourth-order valence-corrected chi connectivity index (χ4v) is 5.11. The standard InChI is InChI=1S/C22H23F2N3O4S/c23-19-7-6-18(13-20(19)24)32(30,31)27-10-8-14(9-11-27)21(28)26-17-3-1-2-15(12-17)22(29)25-16-4-5-16/h1-3,6-7,12-14,16H,4-5,8-11H2,(H,25,29)(H,26,28). The van der Waals surface area contributed by atoms with Crippen LogP contribution < -0.4 is 10.6 Å². The van der Waals surface area contributed by atoms with Gasteiger partial charge in [0.25, 0.3) is 5.91 Å². The Morgan fingerprint density at radius 2 is 1.66 bits per heavy atom. The van der Waals surface area contributed by atoms with E-state index in [1.165, 1.54) is 4.31 Å². The van der Waals surface area contributed by atoms with Crippen LogP contribution in [0.4, 0.5) is 14.5 Å². The lowest BCUT2D eigenvalue weighted by molar-refractivity contribution is -0.120. The van der Waals surface area contributed by atoms with Crippen LogP contribution in [-0.4, -0.2) is 43.7 Å². The van der Waals surface area contributed by atoms with Crippen LogP contribution in [-0.2, 0) is 14.8 Å². The van der Waals surface area contributed by atoms with E-state index in [2.05, 4.69) is 10.6 Å². The lowest BCUT2D eigenvalue weighted by Gasteiger charge is -2.30. The van der Waals surface area contributed by atoms with E-state index >= 15 is 0 Å². The van der Waals surface area contributed by atoms with Gasteiger partial charge in [-0.25, -0.2) is 17.2 Å². The number of nitrogens with zero attached hydrogens (tertiary/aromatic N) is 1. The molecule has 170 valence electrons. The summed E-state index contributed by atoms with van der Waals surface area (Å²) in [6, 6.07) is 9.36. The van der Waals surface area contributed by atoms with Crippen molar-refractivity contribution in [3.63, 3.8) is 0 Å². The number of carbonyl (C=O) groups excluding carboxylic acids is 2. The van der Waals surface area contributed by atoms with Crippen molar-refractivity contribution in [3.05, 3.63) is 59.7 Å². The molecule has 1 aliphatic heterocycles. The van der Waals surface area contributed by atoms with Crippen molar-refractivity contribution in [1.82, 2.24) is 9.62 Å². The van der Waals surface area contributed by atoms with Gasteiger partial charge in [0.2, 0.25) is 15.9 Å². The number of halogens is 2. The minimum absolute atomic E-state index is 0.0866. The summed E-state index contributed by atoms with van der Waals surface area (Å²) < 4.78 is 53.2. The molecule has 1 saturated heterocycles. The number of amides is 2. The van der Waals surface area contributed by atoms with Crippen molar-refractivity contribution in [2.45, 2.75) is 36.6 Å². The fraction of sp³-hybridized carbons (Fsp3) is 0.364. The first-order valence-corrected chi connectivity index (χ1v) is 11.8. The number of anilines is 1. The summed E-state index contributed by atoms with van der Waals surface area (Å²) in [5.74, 6) is -3.19. The molecule has 0 bridgehead atoms. The molecule has 2 aromatic rings. The van der Waals surface area contributed by atoms with Crippen molar-refractivity contribution >= 4 is 27.5 Å². The van der Waals surface area contributed by atoms with Crippen LogP contribution in [0.1, 0.15) is 36.0 Å². The predicted molar refractivity (Wildman–Crippen MR) is 113 cm³/mol. The Bertz CT molecular complexity index is 1140. The number of sulfonamides is 1. The van der Waals surface area contributed by atoms with Gasteiger partial charge >= 0.3 is 0 Å². The zero-order valence-electron chi connectivity index (χ0n) is 17.2. The SMILES string of the molecule is O=C(NC1CC1)c1cccc(NC(=O)C2CCN(S(=O)(=O)c3ccc(F)c(F)c3)CC2)c1. The summed E-state index contributed by atoms with van der Waals surface area (Å²) in [7, 11) is -3.98. The molecule has 7 nitrogen and oxygen atoms in total. The molecular weight excluding hydrogens is 440 g/mol. The zero-order chi connectivity index (χ0) is 22.9. The Hall–Kier alpha value is -2.85. The maximum Gasteiger partial charge on any atom is 0.251 e. The van der Waals surface area contributed by atoms with Gasteiger partial charge in [0.05, 0.1) is 4.90 Å². The number of hydrogen-bond donors (Lipinski definition) is 2. The number of rotatable bonds is 6. The fourth-order valence-electron chi connectivity index (χ4n) is 3.62. The number of nitrogens with one attached hydrogen (secondary N) is 2. The van der Waals surface area contributed by atoms with E-state index in [4.69, 9.17) is 0 Å². The van der Waals surface area contributed by atoms with E-state index < -0.39 is 27.6 Å². The third-order valence-electron chi connectivity index (χ3n) is 5.66. The largest absolute Gasteiger partial charge is 0.349 e. The Labute approximate surface area is 184 Å².